The molecule has 6 heteroatoms. The third kappa shape index (κ3) is 4.63. The zero-order chi connectivity index (χ0) is 12.8. The van der Waals surface area contributed by atoms with Crippen molar-refractivity contribution >= 4 is 35.1 Å². The lowest BCUT2D eigenvalue weighted by Gasteiger charge is -2.16. The van der Waals surface area contributed by atoms with E-state index in [4.69, 9.17) is 28.3 Å². The van der Waals surface area contributed by atoms with Crippen LogP contribution in [0.25, 0.3) is 0 Å². The van der Waals surface area contributed by atoms with Crippen LogP contribution < -0.4 is 5.32 Å². The van der Waals surface area contributed by atoms with Gasteiger partial charge in [0.25, 0.3) is 0 Å². The largest absolute Gasteiger partial charge is 0.465 e. The maximum atomic E-state index is 11.6. The maximum absolute atomic E-state index is 11.6. The Bertz CT molecular complexity index is 395. The SMILES string of the molecule is O=C(O)NC(Cc1ccccc1)C(=O)C(Cl)Cl. The monoisotopic (exact) mass is 275 g/mol. The molecule has 0 aromatic heterocycles. The number of alkyl halides is 2. The van der Waals surface area contributed by atoms with E-state index >= 15 is 0 Å². The average molecular weight is 276 g/mol. The smallest absolute Gasteiger partial charge is 0.405 e. The molecule has 1 amide bonds. The minimum atomic E-state index is -1.28. The number of halogens is 2. The van der Waals surface area contributed by atoms with Gasteiger partial charge in [0.1, 0.15) is 0 Å². The number of carbonyl (C=O) groups is 2. The van der Waals surface area contributed by atoms with E-state index < -0.39 is 22.8 Å². The molecular formula is C11H11Cl2NO3. The third-order valence-electron chi connectivity index (χ3n) is 2.14. The number of nitrogens with one attached hydrogen (secondary N) is 1. The lowest BCUT2D eigenvalue weighted by atomic mass is 10.0. The van der Waals surface area contributed by atoms with Crippen LogP contribution in [-0.4, -0.2) is 27.9 Å². The summed E-state index contributed by atoms with van der Waals surface area (Å²) < 4.78 is 0. The van der Waals surface area contributed by atoms with E-state index in [2.05, 4.69) is 5.32 Å². The first kappa shape index (κ1) is 13.8. The molecular weight excluding hydrogens is 265 g/mol. The lowest BCUT2D eigenvalue weighted by Crippen LogP contribution is -2.43. The van der Waals surface area contributed by atoms with Gasteiger partial charge in [-0.05, 0) is 12.0 Å². The molecule has 0 bridgehead atoms. The van der Waals surface area contributed by atoms with Crippen molar-refractivity contribution < 1.29 is 14.7 Å². The summed E-state index contributed by atoms with van der Waals surface area (Å²) in [7, 11) is 0. The van der Waals surface area contributed by atoms with Crippen molar-refractivity contribution in [3.63, 3.8) is 0 Å². The van der Waals surface area contributed by atoms with Gasteiger partial charge < -0.3 is 10.4 Å². The standard InChI is InChI=1S/C11H11Cl2NO3/c12-10(13)9(15)8(14-11(16)17)6-7-4-2-1-3-5-7/h1-5,8,10,14H,6H2,(H,16,17). The zero-order valence-corrected chi connectivity index (χ0v) is 10.3. The molecule has 92 valence electrons. The molecule has 1 unspecified atom stereocenters. The van der Waals surface area contributed by atoms with Crippen LogP contribution in [0.1, 0.15) is 5.56 Å². The summed E-state index contributed by atoms with van der Waals surface area (Å²) in [6.07, 6.45) is -1.06. The average Bonchev–Trinajstić information content (AvgIpc) is 2.28. The minimum absolute atomic E-state index is 0.224. The fourth-order valence-corrected chi connectivity index (χ4v) is 1.68. The summed E-state index contributed by atoms with van der Waals surface area (Å²) in [6.45, 7) is 0. The molecule has 0 aliphatic heterocycles. The van der Waals surface area contributed by atoms with Crippen molar-refractivity contribution in [2.24, 2.45) is 0 Å². The van der Waals surface area contributed by atoms with Crippen LogP contribution in [0.4, 0.5) is 4.79 Å². The van der Waals surface area contributed by atoms with Gasteiger partial charge >= 0.3 is 6.09 Å². The summed E-state index contributed by atoms with van der Waals surface area (Å²) in [5.74, 6) is -0.556. The van der Waals surface area contributed by atoms with Crippen molar-refractivity contribution in [2.75, 3.05) is 0 Å². The van der Waals surface area contributed by atoms with Gasteiger partial charge in [-0.25, -0.2) is 4.79 Å². The van der Waals surface area contributed by atoms with Crippen molar-refractivity contribution in [3.05, 3.63) is 35.9 Å². The molecule has 2 N–H and O–H groups in total. The summed E-state index contributed by atoms with van der Waals surface area (Å²) in [5, 5.41) is 10.8. The highest BCUT2D eigenvalue weighted by atomic mass is 35.5. The normalized spacial score (nSPS) is 12.2. The van der Waals surface area contributed by atoms with Crippen LogP contribution in [-0.2, 0) is 11.2 Å². The van der Waals surface area contributed by atoms with Gasteiger partial charge in [-0.1, -0.05) is 53.5 Å². The predicted octanol–water partition coefficient (Wildman–Crippen LogP) is 2.24. The summed E-state index contributed by atoms with van der Waals surface area (Å²) in [5.41, 5.74) is 0.827. The van der Waals surface area contributed by atoms with E-state index in [1.807, 2.05) is 6.07 Å². The highest BCUT2D eigenvalue weighted by Gasteiger charge is 2.25. The molecule has 0 saturated carbocycles. The van der Waals surface area contributed by atoms with Crippen LogP contribution in [0.15, 0.2) is 30.3 Å². The van der Waals surface area contributed by atoms with Gasteiger partial charge in [-0.15, -0.1) is 0 Å². The first-order valence-electron chi connectivity index (χ1n) is 4.86. The molecule has 1 aromatic carbocycles. The van der Waals surface area contributed by atoms with Gasteiger partial charge in [-0.3, -0.25) is 4.79 Å². The quantitative estimate of drug-likeness (QED) is 0.810. The Labute approximate surface area is 109 Å². The van der Waals surface area contributed by atoms with Gasteiger partial charge in [0.2, 0.25) is 0 Å². The fourth-order valence-electron chi connectivity index (χ4n) is 1.37. The third-order valence-corrected chi connectivity index (χ3v) is 2.57. The Morgan fingerprint density at radius 1 is 1.24 bits per heavy atom. The topological polar surface area (TPSA) is 66.4 Å². The first-order valence-corrected chi connectivity index (χ1v) is 5.73. The second-order valence-corrected chi connectivity index (χ2v) is 4.49. The van der Waals surface area contributed by atoms with Gasteiger partial charge in [0, 0.05) is 0 Å². The number of amides is 1. The van der Waals surface area contributed by atoms with Crippen molar-refractivity contribution in [1.82, 2.24) is 5.32 Å². The van der Waals surface area contributed by atoms with E-state index in [0.29, 0.717) is 0 Å². The molecule has 17 heavy (non-hydrogen) atoms. The van der Waals surface area contributed by atoms with Gasteiger partial charge in [-0.2, -0.15) is 0 Å². The summed E-state index contributed by atoms with van der Waals surface area (Å²) in [6, 6.07) is 8.08. The fraction of sp³-hybridized carbons (Fsp3) is 0.273. The highest BCUT2D eigenvalue weighted by molar-refractivity contribution is 6.54. The van der Waals surface area contributed by atoms with Crippen LogP contribution in [0.2, 0.25) is 0 Å². The van der Waals surface area contributed by atoms with Gasteiger partial charge in [0.15, 0.2) is 10.6 Å². The number of hydrogen-bond acceptors (Lipinski definition) is 2. The Morgan fingerprint density at radius 3 is 2.29 bits per heavy atom. The Kier molecular flexibility index (Phi) is 5.25. The number of hydrogen-bond donors (Lipinski definition) is 2. The molecule has 0 aliphatic rings. The van der Waals surface area contributed by atoms with Crippen LogP contribution in [0.5, 0.6) is 0 Å². The van der Waals surface area contributed by atoms with E-state index in [0.717, 1.165) is 5.56 Å². The molecule has 0 saturated heterocycles. The molecule has 1 rings (SSSR count). The van der Waals surface area contributed by atoms with Crippen molar-refractivity contribution in [3.8, 4) is 0 Å². The lowest BCUT2D eigenvalue weighted by molar-refractivity contribution is -0.119. The van der Waals surface area contributed by atoms with E-state index in [1.165, 1.54) is 0 Å². The zero-order valence-electron chi connectivity index (χ0n) is 8.77. The summed E-state index contributed by atoms with van der Waals surface area (Å²) >= 11 is 10.9. The second kappa shape index (κ2) is 6.47. The number of rotatable bonds is 5. The number of Topliss-reactive ketones (excluding diaryl/α,β-unsaturated/α-hetero) is 1. The number of ketones is 1. The molecule has 0 radical (unpaired) electrons. The molecule has 4 nitrogen and oxygen atoms in total. The molecule has 1 aromatic rings. The molecule has 0 spiro atoms. The van der Waals surface area contributed by atoms with E-state index in [9.17, 15) is 9.59 Å². The van der Waals surface area contributed by atoms with E-state index in [-0.39, 0.29) is 6.42 Å². The molecule has 1 atom stereocenters. The number of carboxylic acid groups (broad SMARTS) is 1. The predicted molar refractivity (Wildman–Crippen MR) is 65.6 cm³/mol. The van der Waals surface area contributed by atoms with Crippen molar-refractivity contribution in [1.29, 1.82) is 0 Å². The molecule has 0 aliphatic carbocycles. The number of benzene rings is 1. The Balaban J connectivity index is 2.77. The highest BCUT2D eigenvalue weighted by Crippen LogP contribution is 2.11. The van der Waals surface area contributed by atoms with Crippen LogP contribution in [0, 0.1) is 0 Å². The van der Waals surface area contributed by atoms with E-state index in [1.54, 1.807) is 24.3 Å². The Morgan fingerprint density at radius 2 is 1.82 bits per heavy atom. The second-order valence-electron chi connectivity index (χ2n) is 3.39. The Hall–Kier alpha value is -1.26. The summed E-state index contributed by atoms with van der Waals surface area (Å²) in [4.78, 5) is 20.9. The minimum Gasteiger partial charge on any atom is -0.465 e. The first-order chi connectivity index (χ1) is 8.00. The van der Waals surface area contributed by atoms with Gasteiger partial charge in [0.05, 0.1) is 6.04 Å². The number of carbonyl (C=O) groups excluding carboxylic acids is 1. The maximum Gasteiger partial charge on any atom is 0.405 e. The molecule has 0 heterocycles. The van der Waals surface area contributed by atoms with Crippen LogP contribution >= 0.6 is 23.2 Å². The van der Waals surface area contributed by atoms with Crippen molar-refractivity contribution in [2.45, 2.75) is 17.3 Å². The van der Waals surface area contributed by atoms with Crippen LogP contribution in [0.3, 0.4) is 0 Å². The molecule has 0 fully saturated rings.